The van der Waals surface area contributed by atoms with Crippen LogP contribution in [0.5, 0.6) is 11.5 Å². The van der Waals surface area contributed by atoms with Gasteiger partial charge in [-0.1, -0.05) is 12.1 Å². The van der Waals surface area contributed by atoms with E-state index in [1.165, 1.54) is 0 Å². The van der Waals surface area contributed by atoms with Crippen molar-refractivity contribution in [1.82, 2.24) is 14.4 Å². The number of rotatable bonds is 8. The van der Waals surface area contributed by atoms with Gasteiger partial charge in [-0.3, -0.25) is 9.12 Å². The molecule has 4 rings (SSSR count). The number of ether oxygens (including phenoxy) is 2. The first kappa shape index (κ1) is 21.4. The SMILES string of the molecule is COc1ccc(-c2cnc3c(NCc4ccc(NS(C)(=O)=O)cc4)nccn23)cc1OC. The standard InChI is InChI=1S/C22H23N5O4S/c1-30-19-9-6-16(12-20(19)31-2)18-14-25-22-21(23-10-11-27(18)22)24-13-15-4-7-17(8-5-15)26-32(3,28)29/h4-12,14,26H,13H2,1-3H3,(H,23,24). The van der Waals surface area contributed by atoms with E-state index in [4.69, 9.17) is 9.47 Å². The lowest BCUT2D eigenvalue weighted by Gasteiger charge is -2.10. The van der Waals surface area contributed by atoms with Crippen LogP contribution in [0.4, 0.5) is 11.5 Å². The van der Waals surface area contributed by atoms with E-state index in [-0.39, 0.29) is 0 Å². The summed E-state index contributed by atoms with van der Waals surface area (Å²) in [5.74, 6) is 1.94. The summed E-state index contributed by atoms with van der Waals surface area (Å²) in [6.07, 6.45) is 6.47. The van der Waals surface area contributed by atoms with Gasteiger partial charge in [-0.2, -0.15) is 0 Å². The van der Waals surface area contributed by atoms with Gasteiger partial charge in [0.05, 0.1) is 32.4 Å². The molecule has 0 spiro atoms. The Kier molecular flexibility index (Phi) is 5.87. The number of aromatic nitrogens is 3. The molecule has 0 radical (unpaired) electrons. The minimum Gasteiger partial charge on any atom is -0.493 e. The zero-order valence-electron chi connectivity index (χ0n) is 17.9. The summed E-state index contributed by atoms with van der Waals surface area (Å²) in [6.45, 7) is 0.504. The van der Waals surface area contributed by atoms with Crippen LogP contribution >= 0.6 is 0 Å². The molecule has 0 fully saturated rings. The predicted octanol–water partition coefficient (Wildman–Crippen LogP) is 3.40. The lowest BCUT2D eigenvalue weighted by Crippen LogP contribution is -2.09. The number of hydrogen-bond donors (Lipinski definition) is 2. The predicted molar refractivity (Wildman–Crippen MR) is 124 cm³/mol. The third-order valence-electron chi connectivity index (χ3n) is 4.82. The molecule has 0 amide bonds. The molecule has 0 aliphatic carbocycles. The summed E-state index contributed by atoms with van der Waals surface area (Å²) >= 11 is 0. The third-order valence-corrected chi connectivity index (χ3v) is 5.43. The lowest BCUT2D eigenvalue weighted by atomic mass is 10.1. The van der Waals surface area contributed by atoms with Crippen LogP contribution in [-0.4, -0.2) is 43.3 Å². The maximum Gasteiger partial charge on any atom is 0.229 e. The van der Waals surface area contributed by atoms with E-state index in [9.17, 15) is 8.42 Å². The second-order valence-electron chi connectivity index (χ2n) is 7.11. The molecular weight excluding hydrogens is 430 g/mol. The molecule has 0 saturated carbocycles. The smallest absolute Gasteiger partial charge is 0.229 e. The van der Waals surface area contributed by atoms with E-state index in [0.717, 1.165) is 23.1 Å². The van der Waals surface area contributed by atoms with E-state index < -0.39 is 10.0 Å². The molecule has 166 valence electrons. The Bertz CT molecular complexity index is 1350. The van der Waals surface area contributed by atoms with Gasteiger partial charge in [0.15, 0.2) is 23.0 Å². The quantitative estimate of drug-likeness (QED) is 0.421. The second-order valence-corrected chi connectivity index (χ2v) is 8.86. The fraction of sp³-hybridized carbons (Fsp3) is 0.182. The number of sulfonamides is 1. The Morgan fingerprint density at radius 3 is 2.44 bits per heavy atom. The maximum absolute atomic E-state index is 11.3. The van der Waals surface area contributed by atoms with Gasteiger partial charge in [0.1, 0.15) is 0 Å². The van der Waals surface area contributed by atoms with Gasteiger partial charge < -0.3 is 14.8 Å². The summed E-state index contributed by atoms with van der Waals surface area (Å²) in [5.41, 5.74) is 4.00. The highest BCUT2D eigenvalue weighted by atomic mass is 32.2. The van der Waals surface area contributed by atoms with Gasteiger partial charge in [0, 0.05) is 30.2 Å². The number of methoxy groups -OCH3 is 2. The zero-order valence-corrected chi connectivity index (χ0v) is 18.7. The molecule has 0 bridgehead atoms. The van der Waals surface area contributed by atoms with Crippen molar-refractivity contribution in [3.8, 4) is 22.8 Å². The van der Waals surface area contributed by atoms with E-state index in [1.807, 2.05) is 40.9 Å². The summed E-state index contributed by atoms with van der Waals surface area (Å²) in [5, 5.41) is 3.30. The molecule has 2 heterocycles. The van der Waals surface area contributed by atoms with Crippen molar-refractivity contribution in [3.05, 3.63) is 66.6 Å². The molecular formula is C22H23N5O4S. The maximum atomic E-state index is 11.3. The molecule has 0 aliphatic heterocycles. The van der Waals surface area contributed by atoms with Crippen molar-refractivity contribution in [3.63, 3.8) is 0 Å². The van der Waals surface area contributed by atoms with Crippen LogP contribution in [-0.2, 0) is 16.6 Å². The van der Waals surface area contributed by atoms with E-state index in [0.29, 0.717) is 35.2 Å². The average molecular weight is 454 g/mol. The first-order valence-electron chi connectivity index (χ1n) is 9.73. The highest BCUT2D eigenvalue weighted by molar-refractivity contribution is 7.92. The number of imidazole rings is 1. The lowest BCUT2D eigenvalue weighted by molar-refractivity contribution is 0.355. The van der Waals surface area contributed by atoms with Crippen molar-refractivity contribution in [1.29, 1.82) is 0 Å². The van der Waals surface area contributed by atoms with Gasteiger partial charge in [-0.05, 0) is 35.9 Å². The number of benzene rings is 2. The normalized spacial score (nSPS) is 11.3. The first-order valence-corrected chi connectivity index (χ1v) is 11.6. The number of nitrogens with one attached hydrogen (secondary N) is 2. The van der Waals surface area contributed by atoms with Gasteiger partial charge >= 0.3 is 0 Å². The van der Waals surface area contributed by atoms with E-state index in [2.05, 4.69) is 20.0 Å². The molecule has 0 unspecified atom stereocenters. The van der Waals surface area contributed by atoms with Crippen LogP contribution in [0.2, 0.25) is 0 Å². The van der Waals surface area contributed by atoms with Crippen LogP contribution in [0, 0.1) is 0 Å². The Hall–Kier alpha value is -3.79. The van der Waals surface area contributed by atoms with Crippen molar-refractivity contribution in [2.45, 2.75) is 6.54 Å². The van der Waals surface area contributed by atoms with Gasteiger partial charge in [-0.25, -0.2) is 18.4 Å². The summed E-state index contributed by atoms with van der Waals surface area (Å²) in [6, 6.07) is 12.8. The van der Waals surface area contributed by atoms with Crippen LogP contribution < -0.4 is 19.5 Å². The molecule has 2 aromatic carbocycles. The highest BCUT2D eigenvalue weighted by Crippen LogP contribution is 2.33. The molecule has 4 aromatic rings. The molecule has 0 aliphatic rings. The summed E-state index contributed by atoms with van der Waals surface area (Å²) < 4.78 is 37.8. The van der Waals surface area contributed by atoms with Crippen molar-refractivity contribution in [2.75, 3.05) is 30.5 Å². The second kappa shape index (κ2) is 8.75. The molecule has 2 N–H and O–H groups in total. The van der Waals surface area contributed by atoms with Crippen LogP contribution in [0.3, 0.4) is 0 Å². The third kappa shape index (κ3) is 4.59. The number of anilines is 2. The highest BCUT2D eigenvalue weighted by Gasteiger charge is 2.13. The largest absolute Gasteiger partial charge is 0.493 e. The molecule has 32 heavy (non-hydrogen) atoms. The summed E-state index contributed by atoms with van der Waals surface area (Å²) in [7, 11) is -0.0949. The van der Waals surface area contributed by atoms with Gasteiger partial charge in [0.25, 0.3) is 0 Å². The monoisotopic (exact) mass is 453 g/mol. The number of hydrogen-bond acceptors (Lipinski definition) is 7. The molecule has 9 nitrogen and oxygen atoms in total. The van der Waals surface area contributed by atoms with Gasteiger partial charge in [-0.15, -0.1) is 0 Å². The van der Waals surface area contributed by atoms with Crippen molar-refractivity contribution >= 4 is 27.2 Å². The van der Waals surface area contributed by atoms with Crippen molar-refractivity contribution in [2.24, 2.45) is 0 Å². The van der Waals surface area contributed by atoms with Crippen LogP contribution in [0.1, 0.15) is 5.56 Å². The molecule has 0 saturated heterocycles. The minimum absolute atomic E-state index is 0.504. The topological polar surface area (TPSA) is 107 Å². The van der Waals surface area contributed by atoms with Gasteiger partial charge in [0.2, 0.25) is 10.0 Å². The Balaban J connectivity index is 1.56. The Morgan fingerprint density at radius 2 is 1.75 bits per heavy atom. The molecule has 10 heteroatoms. The fourth-order valence-electron chi connectivity index (χ4n) is 3.34. The fourth-order valence-corrected chi connectivity index (χ4v) is 3.91. The first-order chi connectivity index (χ1) is 15.4. The zero-order chi connectivity index (χ0) is 22.7. The van der Waals surface area contributed by atoms with Crippen molar-refractivity contribution < 1.29 is 17.9 Å². The Labute approximate surface area is 186 Å². The van der Waals surface area contributed by atoms with Crippen LogP contribution in [0.15, 0.2) is 61.1 Å². The molecule has 0 atom stereocenters. The average Bonchev–Trinajstić information content (AvgIpc) is 3.22. The minimum atomic E-state index is -3.30. The van der Waals surface area contributed by atoms with E-state index in [1.54, 1.807) is 38.7 Å². The molecule has 2 aromatic heterocycles. The van der Waals surface area contributed by atoms with E-state index >= 15 is 0 Å². The Morgan fingerprint density at radius 1 is 1.00 bits per heavy atom. The summed E-state index contributed by atoms with van der Waals surface area (Å²) in [4.78, 5) is 8.97. The van der Waals surface area contributed by atoms with Crippen LogP contribution in [0.25, 0.3) is 16.9 Å². The number of nitrogens with zero attached hydrogens (tertiary/aromatic N) is 3. The number of fused-ring (bicyclic) bond motifs is 1.